The van der Waals surface area contributed by atoms with Crippen molar-refractivity contribution in [3.05, 3.63) is 46.5 Å². The molecule has 1 saturated heterocycles. The van der Waals surface area contributed by atoms with Crippen molar-refractivity contribution in [1.82, 2.24) is 34.2 Å². The van der Waals surface area contributed by atoms with Crippen molar-refractivity contribution in [1.29, 1.82) is 0 Å². The number of rotatable bonds is 5. The van der Waals surface area contributed by atoms with Gasteiger partial charge in [0, 0.05) is 43.5 Å². The van der Waals surface area contributed by atoms with Crippen molar-refractivity contribution in [3.63, 3.8) is 0 Å². The van der Waals surface area contributed by atoms with Crippen LogP contribution in [0.15, 0.2) is 24.0 Å². The molecule has 0 spiro atoms. The zero-order chi connectivity index (χ0) is 17.2. The van der Waals surface area contributed by atoms with Crippen LogP contribution in [-0.4, -0.2) is 47.3 Å². The summed E-state index contributed by atoms with van der Waals surface area (Å²) in [6.45, 7) is 5.82. The molecule has 7 nitrogen and oxygen atoms in total. The van der Waals surface area contributed by atoms with Crippen LogP contribution in [0.2, 0.25) is 0 Å². The number of thiazole rings is 1. The van der Waals surface area contributed by atoms with Gasteiger partial charge in [0.2, 0.25) is 0 Å². The summed E-state index contributed by atoms with van der Waals surface area (Å²) in [4.78, 5) is 11.2. The van der Waals surface area contributed by atoms with E-state index in [9.17, 15) is 0 Å². The van der Waals surface area contributed by atoms with Crippen LogP contribution in [0.3, 0.4) is 0 Å². The molecular formula is C17H23N7S. The van der Waals surface area contributed by atoms with Crippen molar-refractivity contribution >= 4 is 11.3 Å². The monoisotopic (exact) mass is 357 g/mol. The zero-order valence-electron chi connectivity index (χ0n) is 14.7. The molecule has 0 saturated carbocycles. The highest BCUT2D eigenvalue weighted by atomic mass is 32.1. The summed E-state index contributed by atoms with van der Waals surface area (Å²) in [6.07, 6.45) is 8.06. The van der Waals surface area contributed by atoms with E-state index in [1.165, 1.54) is 17.8 Å². The first kappa shape index (κ1) is 16.4. The molecule has 1 aliphatic heterocycles. The molecule has 0 amide bonds. The minimum atomic E-state index is 0.434. The molecule has 0 bridgehead atoms. The first-order valence-electron chi connectivity index (χ1n) is 8.67. The van der Waals surface area contributed by atoms with E-state index in [0.717, 1.165) is 37.1 Å². The summed E-state index contributed by atoms with van der Waals surface area (Å²) < 4.78 is 4.26. The minimum absolute atomic E-state index is 0.434. The van der Waals surface area contributed by atoms with E-state index < -0.39 is 0 Å². The van der Waals surface area contributed by atoms with Gasteiger partial charge in [-0.2, -0.15) is 0 Å². The highest BCUT2D eigenvalue weighted by Crippen LogP contribution is 2.27. The molecule has 4 rings (SSSR count). The maximum Gasteiger partial charge on any atom is 0.152 e. The first-order valence-corrected chi connectivity index (χ1v) is 9.55. The van der Waals surface area contributed by atoms with E-state index in [1.54, 1.807) is 11.3 Å². The lowest BCUT2D eigenvalue weighted by molar-refractivity contribution is 0.195. The maximum atomic E-state index is 4.52. The lowest BCUT2D eigenvalue weighted by Crippen LogP contribution is -2.34. The topological polar surface area (TPSA) is 64.7 Å². The summed E-state index contributed by atoms with van der Waals surface area (Å²) in [5.74, 6) is 3.51. The Hall–Kier alpha value is -2.06. The standard InChI is InChI=1S/C17H23N7S/c1-13-18-5-8-24(13)11-15-20-21-17(22(15)2)14-4-3-7-23(10-14)12-16-19-6-9-25-16/h5-6,8-9,14H,3-4,7,10-12H2,1-2H3/t14-/m0/s1. The predicted octanol–water partition coefficient (Wildman–Crippen LogP) is 2.20. The van der Waals surface area contributed by atoms with Crippen LogP contribution in [0.4, 0.5) is 0 Å². The molecule has 4 heterocycles. The number of likely N-dealkylation sites (tertiary alicyclic amines) is 1. The Bertz CT molecular complexity index is 820. The third kappa shape index (κ3) is 3.50. The number of aromatic nitrogens is 6. The van der Waals surface area contributed by atoms with Crippen molar-refractivity contribution in [2.75, 3.05) is 13.1 Å². The van der Waals surface area contributed by atoms with E-state index >= 15 is 0 Å². The Kier molecular flexibility index (Phi) is 4.63. The lowest BCUT2D eigenvalue weighted by atomic mass is 9.97. The normalized spacial score (nSPS) is 18.7. The average Bonchev–Trinajstić information content (AvgIpc) is 3.33. The molecule has 0 radical (unpaired) electrons. The predicted molar refractivity (Wildman–Crippen MR) is 96.4 cm³/mol. The van der Waals surface area contributed by atoms with Gasteiger partial charge in [0.15, 0.2) is 5.82 Å². The van der Waals surface area contributed by atoms with Gasteiger partial charge < -0.3 is 9.13 Å². The second-order valence-corrected chi connectivity index (χ2v) is 7.62. The Morgan fingerprint density at radius 1 is 1.20 bits per heavy atom. The van der Waals surface area contributed by atoms with Gasteiger partial charge in [-0.25, -0.2) is 9.97 Å². The fourth-order valence-electron chi connectivity index (χ4n) is 3.52. The second-order valence-electron chi connectivity index (χ2n) is 6.64. The van der Waals surface area contributed by atoms with Crippen LogP contribution >= 0.6 is 11.3 Å². The summed E-state index contributed by atoms with van der Waals surface area (Å²) in [6, 6.07) is 0. The van der Waals surface area contributed by atoms with E-state index in [4.69, 9.17) is 0 Å². The smallest absolute Gasteiger partial charge is 0.152 e. The molecule has 1 fully saturated rings. The zero-order valence-corrected chi connectivity index (χ0v) is 15.5. The lowest BCUT2D eigenvalue weighted by Gasteiger charge is -2.31. The summed E-state index contributed by atoms with van der Waals surface area (Å²) >= 11 is 1.73. The molecule has 132 valence electrons. The van der Waals surface area contributed by atoms with Crippen molar-refractivity contribution in [2.24, 2.45) is 7.05 Å². The highest BCUT2D eigenvalue weighted by Gasteiger charge is 2.26. The Morgan fingerprint density at radius 2 is 2.12 bits per heavy atom. The SMILES string of the molecule is Cc1nccn1Cc1nnc([C@H]2CCCN(Cc3nccs3)C2)n1C. The van der Waals surface area contributed by atoms with Gasteiger partial charge in [0.25, 0.3) is 0 Å². The molecule has 1 atom stereocenters. The highest BCUT2D eigenvalue weighted by molar-refractivity contribution is 7.09. The van der Waals surface area contributed by atoms with Gasteiger partial charge >= 0.3 is 0 Å². The minimum Gasteiger partial charge on any atom is -0.328 e. The quantitative estimate of drug-likeness (QED) is 0.700. The van der Waals surface area contributed by atoms with Crippen molar-refractivity contribution < 1.29 is 0 Å². The number of hydrogen-bond donors (Lipinski definition) is 0. The number of piperidine rings is 1. The maximum absolute atomic E-state index is 4.52. The van der Waals surface area contributed by atoms with Gasteiger partial charge in [0.05, 0.1) is 13.1 Å². The molecule has 1 aliphatic rings. The van der Waals surface area contributed by atoms with Gasteiger partial charge in [-0.3, -0.25) is 4.90 Å². The van der Waals surface area contributed by atoms with Gasteiger partial charge in [-0.05, 0) is 26.3 Å². The van der Waals surface area contributed by atoms with Gasteiger partial charge in [-0.15, -0.1) is 21.5 Å². The molecule has 0 aromatic carbocycles. The Morgan fingerprint density at radius 3 is 2.88 bits per heavy atom. The van der Waals surface area contributed by atoms with Crippen LogP contribution in [0.25, 0.3) is 0 Å². The number of aryl methyl sites for hydroxylation is 1. The van der Waals surface area contributed by atoms with Crippen LogP contribution in [-0.2, 0) is 20.1 Å². The van der Waals surface area contributed by atoms with Gasteiger partial charge in [-0.1, -0.05) is 0 Å². The van der Waals surface area contributed by atoms with Crippen molar-refractivity contribution in [3.8, 4) is 0 Å². The first-order chi connectivity index (χ1) is 12.2. The molecule has 25 heavy (non-hydrogen) atoms. The molecule has 8 heteroatoms. The number of nitrogens with zero attached hydrogens (tertiary/aromatic N) is 7. The van der Waals surface area contributed by atoms with E-state index in [2.05, 4.69) is 41.2 Å². The van der Waals surface area contributed by atoms with Crippen LogP contribution in [0.5, 0.6) is 0 Å². The fourth-order valence-corrected chi connectivity index (χ4v) is 4.18. The van der Waals surface area contributed by atoms with Crippen LogP contribution < -0.4 is 0 Å². The Labute approximate surface area is 151 Å². The number of hydrogen-bond acceptors (Lipinski definition) is 6. The third-order valence-electron chi connectivity index (χ3n) is 4.95. The Balaban J connectivity index is 1.47. The van der Waals surface area contributed by atoms with E-state index in [-0.39, 0.29) is 0 Å². The summed E-state index contributed by atoms with van der Waals surface area (Å²) in [7, 11) is 2.08. The average molecular weight is 357 g/mol. The fraction of sp³-hybridized carbons (Fsp3) is 0.529. The molecule has 3 aromatic heterocycles. The summed E-state index contributed by atoms with van der Waals surface area (Å²) in [5.41, 5.74) is 0. The molecule has 0 unspecified atom stereocenters. The van der Waals surface area contributed by atoms with Gasteiger partial charge in [0.1, 0.15) is 16.7 Å². The third-order valence-corrected chi connectivity index (χ3v) is 5.71. The molecular weight excluding hydrogens is 334 g/mol. The van der Waals surface area contributed by atoms with Crippen LogP contribution in [0, 0.1) is 6.92 Å². The second kappa shape index (κ2) is 7.05. The molecule has 0 N–H and O–H groups in total. The molecule has 0 aliphatic carbocycles. The summed E-state index contributed by atoms with van der Waals surface area (Å²) in [5, 5.41) is 12.2. The largest absolute Gasteiger partial charge is 0.328 e. The molecule has 3 aromatic rings. The van der Waals surface area contributed by atoms with Crippen molar-refractivity contribution in [2.45, 2.75) is 38.8 Å². The van der Waals surface area contributed by atoms with E-state index in [1.807, 2.05) is 30.9 Å². The number of imidazole rings is 1. The van der Waals surface area contributed by atoms with E-state index in [0.29, 0.717) is 12.5 Å². The van der Waals surface area contributed by atoms with Crippen LogP contribution in [0.1, 0.15) is 41.2 Å².